The summed E-state index contributed by atoms with van der Waals surface area (Å²) in [7, 11) is -3.41. The summed E-state index contributed by atoms with van der Waals surface area (Å²) < 4.78 is 50.8. The lowest BCUT2D eigenvalue weighted by Gasteiger charge is -2.20. The van der Waals surface area contributed by atoms with Crippen molar-refractivity contribution in [3.05, 3.63) is 70.2 Å². The summed E-state index contributed by atoms with van der Waals surface area (Å²) in [5.41, 5.74) is 1.01. The second-order valence-electron chi connectivity index (χ2n) is 5.72. The van der Waals surface area contributed by atoms with Crippen LogP contribution in [-0.4, -0.2) is 24.9 Å². The Balaban J connectivity index is 2.09. The molecule has 1 N–H and O–H groups in total. The van der Waals surface area contributed by atoms with Gasteiger partial charge in [-0.25, -0.2) is 17.2 Å². The molecule has 0 saturated heterocycles. The maximum atomic E-state index is 13.7. The molecular weight excluding hydrogens is 380 g/mol. The zero-order chi connectivity index (χ0) is 18.9. The molecule has 26 heavy (non-hydrogen) atoms. The number of hydrogen-bond donors (Lipinski definition) is 1. The van der Waals surface area contributed by atoms with Gasteiger partial charge in [0.15, 0.2) is 21.5 Å². The van der Waals surface area contributed by atoms with E-state index in [0.717, 1.165) is 23.4 Å². The fourth-order valence-corrected chi connectivity index (χ4v) is 3.75. The average molecular weight is 395 g/mol. The molecule has 3 aromatic rings. The van der Waals surface area contributed by atoms with Crippen LogP contribution in [0, 0.1) is 18.6 Å². The van der Waals surface area contributed by atoms with Crippen molar-refractivity contribution in [1.82, 2.24) is 10.2 Å². The molecule has 1 heterocycles. The summed E-state index contributed by atoms with van der Waals surface area (Å²) in [6.07, 6.45) is 1.11. The quantitative estimate of drug-likeness (QED) is 0.713. The number of anilines is 1. The van der Waals surface area contributed by atoms with Crippen LogP contribution in [0.5, 0.6) is 0 Å². The van der Waals surface area contributed by atoms with Crippen LogP contribution in [0.25, 0.3) is 0 Å². The molecule has 9 heteroatoms. The maximum absolute atomic E-state index is 13.7. The van der Waals surface area contributed by atoms with Gasteiger partial charge in [-0.05, 0) is 42.3 Å². The van der Waals surface area contributed by atoms with Gasteiger partial charge in [0.25, 0.3) is 0 Å². The minimum Gasteiger partial charge on any atom is -0.349 e. The van der Waals surface area contributed by atoms with Gasteiger partial charge in [0.05, 0.1) is 10.9 Å². The molecule has 0 aliphatic heterocycles. The third-order valence-corrected chi connectivity index (χ3v) is 5.57. The minimum absolute atomic E-state index is 0.137. The van der Waals surface area contributed by atoms with E-state index in [1.165, 1.54) is 29.5 Å². The summed E-state index contributed by atoms with van der Waals surface area (Å²) in [5.74, 6) is -1.94. The van der Waals surface area contributed by atoms with Crippen LogP contribution in [0.3, 0.4) is 0 Å². The van der Waals surface area contributed by atoms with Gasteiger partial charge >= 0.3 is 0 Å². The van der Waals surface area contributed by atoms with Crippen molar-refractivity contribution in [3.8, 4) is 0 Å². The average Bonchev–Trinajstić information content (AvgIpc) is 3.00. The Labute approximate surface area is 153 Å². The number of benzene rings is 2. The van der Waals surface area contributed by atoms with E-state index < -0.39 is 27.5 Å². The first-order chi connectivity index (χ1) is 12.2. The first-order valence-electron chi connectivity index (χ1n) is 7.55. The van der Waals surface area contributed by atoms with Crippen LogP contribution in [-0.2, 0) is 9.84 Å². The van der Waals surface area contributed by atoms with Crippen molar-refractivity contribution in [1.29, 1.82) is 0 Å². The zero-order valence-electron chi connectivity index (χ0n) is 13.9. The number of halogens is 2. The molecule has 0 bridgehead atoms. The molecule has 136 valence electrons. The Kier molecular flexibility index (Phi) is 5.01. The van der Waals surface area contributed by atoms with E-state index in [9.17, 15) is 17.2 Å². The largest absolute Gasteiger partial charge is 0.349 e. The highest BCUT2D eigenvalue weighted by molar-refractivity contribution is 7.90. The Hall–Kier alpha value is -2.39. The summed E-state index contributed by atoms with van der Waals surface area (Å²) in [4.78, 5) is 0.137. The molecule has 5 nitrogen and oxygen atoms in total. The number of nitrogens with zero attached hydrogens (tertiary/aromatic N) is 2. The fourth-order valence-electron chi connectivity index (χ4n) is 2.45. The van der Waals surface area contributed by atoms with Crippen molar-refractivity contribution in [3.63, 3.8) is 0 Å². The molecule has 0 amide bonds. The molecular formula is C17H15F2N3O2S2. The molecule has 0 saturated carbocycles. The fraction of sp³-hybridized carbons (Fsp3) is 0.176. The third kappa shape index (κ3) is 4.05. The van der Waals surface area contributed by atoms with E-state index in [0.29, 0.717) is 16.3 Å². The van der Waals surface area contributed by atoms with E-state index in [4.69, 9.17) is 0 Å². The Morgan fingerprint density at radius 1 is 1.04 bits per heavy atom. The topological polar surface area (TPSA) is 72.0 Å². The number of nitrogens with one attached hydrogen (secondary N) is 1. The molecule has 1 unspecified atom stereocenters. The van der Waals surface area contributed by atoms with Crippen LogP contribution in [0.4, 0.5) is 13.9 Å². The second-order valence-corrected chi connectivity index (χ2v) is 8.92. The monoisotopic (exact) mass is 395 g/mol. The Bertz CT molecular complexity index is 1050. The summed E-state index contributed by atoms with van der Waals surface area (Å²) in [6.45, 7) is 1.79. The summed E-state index contributed by atoms with van der Waals surface area (Å²) >= 11 is 1.30. The number of aryl methyl sites for hydroxylation is 1. The minimum atomic E-state index is -3.41. The van der Waals surface area contributed by atoms with Gasteiger partial charge < -0.3 is 5.32 Å². The van der Waals surface area contributed by atoms with Gasteiger partial charge in [0.2, 0.25) is 5.13 Å². The lowest BCUT2D eigenvalue weighted by molar-refractivity contribution is 0.506. The molecule has 3 rings (SSSR count). The number of aromatic nitrogens is 2. The van der Waals surface area contributed by atoms with Gasteiger partial charge in [-0.2, -0.15) is 0 Å². The molecule has 0 aliphatic carbocycles. The van der Waals surface area contributed by atoms with Crippen molar-refractivity contribution in [2.75, 3.05) is 11.6 Å². The van der Waals surface area contributed by atoms with E-state index >= 15 is 0 Å². The first-order valence-corrected chi connectivity index (χ1v) is 10.3. The number of sulfone groups is 1. The van der Waals surface area contributed by atoms with Gasteiger partial charge in [0, 0.05) is 6.26 Å². The van der Waals surface area contributed by atoms with Gasteiger partial charge in [0.1, 0.15) is 5.01 Å². The van der Waals surface area contributed by atoms with Crippen LogP contribution in [0.2, 0.25) is 0 Å². The van der Waals surface area contributed by atoms with E-state index in [1.54, 1.807) is 19.1 Å². The predicted octanol–water partition coefficient (Wildman–Crippen LogP) is 3.73. The summed E-state index contributed by atoms with van der Waals surface area (Å²) in [6, 6.07) is 9.22. The molecule has 0 aliphatic rings. The molecule has 0 fully saturated rings. The van der Waals surface area contributed by atoms with Gasteiger partial charge in [-0.3, -0.25) is 0 Å². The maximum Gasteiger partial charge on any atom is 0.206 e. The van der Waals surface area contributed by atoms with E-state index in [2.05, 4.69) is 15.5 Å². The number of hydrogen-bond acceptors (Lipinski definition) is 6. The lowest BCUT2D eigenvalue weighted by Crippen LogP contribution is -2.13. The van der Waals surface area contributed by atoms with Crippen LogP contribution >= 0.6 is 11.3 Å². The lowest BCUT2D eigenvalue weighted by atomic mass is 9.98. The van der Waals surface area contributed by atoms with Crippen LogP contribution in [0.15, 0.2) is 47.4 Å². The molecule has 0 radical (unpaired) electrons. The SMILES string of the molecule is Cc1nnc(NC(c2cccc(S(C)(=O)=O)c2)c2ccc(F)c(F)c2)s1. The molecule has 1 atom stereocenters. The molecule has 1 aromatic heterocycles. The highest BCUT2D eigenvalue weighted by atomic mass is 32.2. The highest BCUT2D eigenvalue weighted by Crippen LogP contribution is 2.30. The van der Waals surface area contributed by atoms with E-state index in [-0.39, 0.29) is 4.90 Å². The summed E-state index contributed by atoms with van der Waals surface area (Å²) in [5, 5.41) is 12.3. The van der Waals surface area contributed by atoms with Crippen molar-refractivity contribution in [2.24, 2.45) is 0 Å². The van der Waals surface area contributed by atoms with Crippen molar-refractivity contribution >= 4 is 26.3 Å². The predicted molar refractivity (Wildman–Crippen MR) is 96.0 cm³/mol. The van der Waals surface area contributed by atoms with E-state index in [1.807, 2.05) is 0 Å². The molecule has 2 aromatic carbocycles. The normalized spacial score (nSPS) is 12.8. The standard InChI is InChI=1S/C17H15F2N3O2S2/c1-10-21-22-17(25-10)20-16(12-6-7-14(18)15(19)9-12)11-4-3-5-13(8-11)26(2,23)24/h3-9,16H,1-2H3,(H,20,22). The van der Waals surface area contributed by atoms with Crippen LogP contribution < -0.4 is 5.32 Å². The zero-order valence-corrected chi connectivity index (χ0v) is 15.5. The van der Waals surface area contributed by atoms with Gasteiger partial charge in [-0.15, -0.1) is 10.2 Å². The van der Waals surface area contributed by atoms with Crippen LogP contribution in [0.1, 0.15) is 22.2 Å². The second kappa shape index (κ2) is 7.08. The van der Waals surface area contributed by atoms with Gasteiger partial charge in [-0.1, -0.05) is 29.5 Å². The Morgan fingerprint density at radius 2 is 1.77 bits per heavy atom. The third-order valence-electron chi connectivity index (χ3n) is 3.69. The highest BCUT2D eigenvalue weighted by Gasteiger charge is 2.19. The van der Waals surface area contributed by atoms with Crippen molar-refractivity contribution < 1.29 is 17.2 Å². The molecule has 0 spiro atoms. The van der Waals surface area contributed by atoms with Crippen molar-refractivity contribution in [2.45, 2.75) is 17.9 Å². The first kappa shape index (κ1) is 18.4. The smallest absolute Gasteiger partial charge is 0.206 e. The Morgan fingerprint density at radius 3 is 2.38 bits per heavy atom. The number of rotatable bonds is 5.